The lowest BCUT2D eigenvalue weighted by atomic mass is 10.1. The van der Waals surface area contributed by atoms with Crippen molar-refractivity contribution in [1.82, 2.24) is 4.98 Å². The maximum atomic E-state index is 12.2. The van der Waals surface area contributed by atoms with E-state index in [1.807, 2.05) is 61.5 Å². The molecule has 1 aromatic heterocycles. The summed E-state index contributed by atoms with van der Waals surface area (Å²) in [4.78, 5) is 26.6. The minimum absolute atomic E-state index is 0.0965. The number of rotatable bonds is 4. The average molecular weight is 358 g/mol. The average Bonchev–Trinajstić information content (AvgIpc) is 2.66. The lowest BCUT2D eigenvalue weighted by Gasteiger charge is -2.09. The fourth-order valence-corrected chi connectivity index (χ4v) is 3.12. The zero-order valence-electron chi connectivity index (χ0n) is 14.8. The molecule has 1 amide bonds. The molecule has 5 heteroatoms. The van der Waals surface area contributed by atoms with E-state index in [4.69, 9.17) is 4.74 Å². The van der Waals surface area contributed by atoms with Crippen LogP contribution < -0.4 is 15.6 Å². The first-order valence-corrected chi connectivity index (χ1v) is 8.64. The van der Waals surface area contributed by atoms with Crippen LogP contribution in [0.1, 0.15) is 5.56 Å². The van der Waals surface area contributed by atoms with Gasteiger partial charge >= 0.3 is 0 Å². The van der Waals surface area contributed by atoms with Gasteiger partial charge in [-0.15, -0.1) is 0 Å². The van der Waals surface area contributed by atoms with Crippen molar-refractivity contribution in [2.45, 2.75) is 6.92 Å². The van der Waals surface area contributed by atoms with Crippen LogP contribution in [-0.2, 0) is 4.79 Å². The highest BCUT2D eigenvalue weighted by Crippen LogP contribution is 2.21. The summed E-state index contributed by atoms with van der Waals surface area (Å²) in [6.45, 7) is 1.79. The van der Waals surface area contributed by atoms with Crippen LogP contribution in [0.2, 0.25) is 0 Å². The molecule has 0 radical (unpaired) electrons. The maximum absolute atomic E-state index is 12.2. The Kier molecular flexibility index (Phi) is 4.34. The number of H-pyrrole nitrogens is 1. The second kappa shape index (κ2) is 6.96. The van der Waals surface area contributed by atoms with E-state index < -0.39 is 0 Å². The molecule has 1 heterocycles. The monoisotopic (exact) mass is 358 g/mol. The number of fused-ring (bicyclic) bond motifs is 2. The largest absolute Gasteiger partial charge is 0.484 e. The van der Waals surface area contributed by atoms with Crippen LogP contribution in [0.4, 0.5) is 5.69 Å². The summed E-state index contributed by atoms with van der Waals surface area (Å²) >= 11 is 0. The Morgan fingerprint density at radius 3 is 2.67 bits per heavy atom. The van der Waals surface area contributed by atoms with Crippen LogP contribution in [0.5, 0.6) is 5.75 Å². The summed E-state index contributed by atoms with van der Waals surface area (Å²) in [5, 5.41) is 5.92. The Morgan fingerprint density at radius 2 is 1.81 bits per heavy atom. The summed E-state index contributed by atoms with van der Waals surface area (Å²) in [5.41, 5.74) is 2.03. The number of carbonyl (C=O) groups excluding carboxylic acids is 1. The highest BCUT2D eigenvalue weighted by Gasteiger charge is 2.07. The van der Waals surface area contributed by atoms with Crippen molar-refractivity contribution in [2.24, 2.45) is 0 Å². The van der Waals surface area contributed by atoms with Gasteiger partial charge in [-0.2, -0.15) is 0 Å². The molecule has 0 aliphatic rings. The van der Waals surface area contributed by atoms with E-state index in [0.29, 0.717) is 17.0 Å². The molecular formula is C22H18N2O3. The number of anilines is 1. The van der Waals surface area contributed by atoms with Gasteiger partial charge in [0.05, 0.1) is 5.52 Å². The van der Waals surface area contributed by atoms with E-state index in [1.165, 1.54) is 0 Å². The number of benzene rings is 3. The Hall–Kier alpha value is -3.60. The van der Waals surface area contributed by atoms with E-state index in [1.54, 1.807) is 12.1 Å². The minimum Gasteiger partial charge on any atom is -0.484 e. The number of hydrogen-bond donors (Lipinski definition) is 2. The number of aromatic nitrogens is 1. The topological polar surface area (TPSA) is 71.2 Å². The number of aryl methyl sites for hydroxylation is 1. The van der Waals surface area contributed by atoms with Gasteiger partial charge in [0.1, 0.15) is 5.75 Å². The molecule has 2 N–H and O–H groups in total. The molecule has 0 aliphatic carbocycles. The van der Waals surface area contributed by atoms with Crippen LogP contribution in [0, 0.1) is 6.92 Å². The Labute approximate surface area is 155 Å². The van der Waals surface area contributed by atoms with Crippen molar-refractivity contribution in [2.75, 3.05) is 11.9 Å². The Balaban J connectivity index is 1.45. The number of pyridine rings is 1. The first-order valence-electron chi connectivity index (χ1n) is 8.64. The van der Waals surface area contributed by atoms with E-state index >= 15 is 0 Å². The smallest absolute Gasteiger partial charge is 0.262 e. The molecule has 4 rings (SSSR count). The number of hydrogen-bond acceptors (Lipinski definition) is 3. The van der Waals surface area contributed by atoms with Crippen LogP contribution in [0.3, 0.4) is 0 Å². The van der Waals surface area contributed by atoms with Crippen molar-refractivity contribution < 1.29 is 9.53 Å². The molecule has 0 saturated heterocycles. The van der Waals surface area contributed by atoms with Gasteiger partial charge in [-0.1, -0.05) is 36.4 Å². The van der Waals surface area contributed by atoms with Crippen molar-refractivity contribution in [3.05, 3.63) is 82.6 Å². The fourth-order valence-electron chi connectivity index (χ4n) is 3.12. The molecule has 3 aromatic carbocycles. The number of aromatic amines is 1. The van der Waals surface area contributed by atoms with Crippen LogP contribution in [0.15, 0.2) is 71.5 Å². The summed E-state index contributed by atoms with van der Waals surface area (Å²) in [6, 6.07) is 20.7. The van der Waals surface area contributed by atoms with Crippen molar-refractivity contribution in [3.8, 4) is 5.75 Å². The first-order chi connectivity index (χ1) is 13.1. The van der Waals surface area contributed by atoms with Crippen molar-refractivity contribution in [3.63, 3.8) is 0 Å². The molecule has 0 spiro atoms. The van der Waals surface area contributed by atoms with Crippen LogP contribution >= 0.6 is 0 Å². The fraction of sp³-hybridized carbons (Fsp3) is 0.0909. The third kappa shape index (κ3) is 3.67. The highest BCUT2D eigenvalue weighted by molar-refractivity contribution is 5.95. The highest BCUT2D eigenvalue weighted by atomic mass is 16.5. The van der Waals surface area contributed by atoms with Gasteiger partial charge in [-0.25, -0.2) is 0 Å². The number of carbonyl (C=O) groups is 1. The van der Waals surface area contributed by atoms with Crippen LogP contribution in [-0.4, -0.2) is 17.5 Å². The lowest BCUT2D eigenvalue weighted by Crippen LogP contribution is -2.20. The van der Waals surface area contributed by atoms with E-state index in [-0.39, 0.29) is 18.1 Å². The van der Waals surface area contributed by atoms with Crippen LogP contribution in [0.25, 0.3) is 21.7 Å². The van der Waals surface area contributed by atoms with Gasteiger partial charge in [-0.3, -0.25) is 9.59 Å². The lowest BCUT2D eigenvalue weighted by molar-refractivity contribution is -0.118. The van der Waals surface area contributed by atoms with E-state index in [0.717, 1.165) is 21.7 Å². The van der Waals surface area contributed by atoms with Gasteiger partial charge in [0.2, 0.25) is 5.56 Å². The molecular weight excluding hydrogens is 340 g/mol. The number of ether oxygens (including phenoxy) is 1. The van der Waals surface area contributed by atoms with Gasteiger partial charge in [0.25, 0.3) is 5.91 Å². The molecule has 0 bridgehead atoms. The first kappa shape index (κ1) is 16.8. The molecule has 4 aromatic rings. The van der Waals surface area contributed by atoms with Gasteiger partial charge in [0, 0.05) is 17.1 Å². The summed E-state index contributed by atoms with van der Waals surface area (Å²) in [5.74, 6) is 0.375. The number of nitrogens with one attached hydrogen (secondary N) is 2. The van der Waals surface area contributed by atoms with Gasteiger partial charge in [-0.05, 0) is 47.5 Å². The third-order valence-corrected chi connectivity index (χ3v) is 4.42. The summed E-state index contributed by atoms with van der Waals surface area (Å²) in [7, 11) is 0. The molecule has 0 atom stereocenters. The predicted octanol–water partition coefficient (Wildman–Crippen LogP) is 4.01. The molecule has 134 valence electrons. The van der Waals surface area contributed by atoms with E-state index in [9.17, 15) is 9.59 Å². The van der Waals surface area contributed by atoms with Crippen molar-refractivity contribution >= 4 is 33.3 Å². The second-order valence-electron chi connectivity index (χ2n) is 6.42. The Bertz CT molecular complexity index is 1210. The zero-order chi connectivity index (χ0) is 18.8. The standard InChI is InChI=1S/C22H18N2O3/c1-14-10-21(25)24-20-12-17(7-9-19(14)20)23-22(26)13-27-18-8-6-15-4-2-3-5-16(15)11-18/h2-12H,13H2,1H3,(H,23,26)(H,24,25). The molecule has 0 saturated carbocycles. The van der Waals surface area contributed by atoms with Gasteiger partial charge in [0.15, 0.2) is 6.61 Å². The maximum Gasteiger partial charge on any atom is 0.262 e. The SMILES string of the molecule is Cc1cc(=O)[nH]c2cc(NC(=O)COc3ccc4ccccc4c3)ccc12. The minimum atomic E-state index is -0.266. The summed E-state index contributed by atoms with van der Waals surface area (Å²) < 4.78 is 5.60. The quantitative estimate of drug-likeness (QED) is 0.579. The molecule has 0 fully saturated rings. The van der Waals surface area contributed by atoms with Gasteiger partial charge < -0.3 is 15.0 Å². The van der Waals surface area contributed by atoms with Crippen molar-refractivity contribution in [1.29, 1.82) is 0 Å². The third-order valence-electron chi connectivity index (χ3n) is 4.42. The molecule has 0 unspecified atom stereocenters. The normalized spacial score (nSPS) is 10.9. The number of amides is 1. The van der Waals surface area contributed by atoms with E-state index in [2.05, 4.69) is 10.3 Å². The summed E-state index contributed by atoms with van der Waals surface area (Å²) in [6.07, 6.45) is 0. The predicted molar refractivity (Wildman–Crippen MR) is 107 cm³/mol. The zero-order valence-corrected chi connectivity index (χ0v) is 14.8. The molecule has 27 heavy (non-hydrogen) atoms. The Morgan fingerprint density at radius 1 is 1.00 bits per heavy atom. The second-order valence-corrected chi connectivity index (χ2v) is 6.42. The molecule has 0 aliphatic heterocycles. The molecule has 5 nitrogen and oxygen atoms in total.